The topological polar surface area (TPSA) is 74.7 Å². The summed E-state index contributed by atoms with van der Waals surface area (Å²) in [5.41, 5.74) is -0.885. The van der Waals surface area contributed by atoms with Crippen LogP contribution in [0.15, 0.2) is 0 Å². The Morgan fingerprint density at radius 2 is 2.06 bits per heavy atom. The lowest BCUT2D eigenvalue weighted by Gasteiger charge is -2.23. The van der Waals surface area contributed by atoms with Crippen LogP contribution in [0.25, 0.3) is 0 Å². The van der Waals surface area contributed by atoms with E-state index >= 15 is 0 Å². The van der Waals surface area contributed by atoms with Crippen LogP contribution in [0.5, 0.6) is 0 Å². The molecular weight excluding hydrogens is 242 g/mol. The van der Waals surface area contributed by atoms with Gasteiger partial charge in [-0.15, -0.1) is 0 Å². The molecule has 1 fully saturated rings. The van der Waals surface area contributed by atoms with E-state index in [9.17, 15) is 18.3 Å². The Bertz CT molecular complexity index is 390. The quantitative estimate of drug-likeness (QED) is 0.807. The highest BCUT2D eigenvalue weighted by atomic mass is 32.2. The van der Waals surface area contributed by atoms with Crippen molar-refractivity contribution in [2.75, 3.05) is 18.8 Å². The molecule has 0 saturated carbocycles. The molecule has 100 valence electrons. The first-order chi connectivity index (χ1) is 7.73. The molecule has 17 heavy (non-hydrogen) atoms. The van der Waals surface area contributed by atoms with Gasteiger partial charge >= 0.3 is 5.97 Å². The molecule has 1 aliphatic heterocycles. The van der Waals surface area contributed by atoms with E-state index in [-0.39, 0.29) is 18.2 Å². The lowest BCUT2D eigenvalue weighted by Crippen LogP contribution is -2.38. The Hall–Kier alpha value is -0.620. The molecule has 1 atom stereocenters. The molecule has 0 aromatic heterocycles. The predicted octanol–water partition coefficient (Wildman–Crippen LogP) is 1.16. The van der Waals surface area contributed by atoms with E-state index in [1.54, 1.807) is 6.92 Å². The van der Waals surface area contributed by atoms with Crippen molar-refractivity contribution in [3.8, 4) is 0 Å². The number of rotatable bonds is 5. The highest BCUT2D eigenvalue weighted by Crippen LogP contribution is 2.35. The summed E-state index contributed by atoms with van der Waals surface area (Å²) in [7, 11) is -3.30. The van der Waals surface area contributed by atoms with Crippen LogP contribution < -0.4 is 0 Å². The largest absolute Gasteiger partial charge is 0.481 e. The average molecular weight is 263 g/mol. The van der Waals surface area contributed by atoms with E-state index in [2.05, 4.69) is 0 Å². The van der Waals surface area contributed by atoms with E-state index in [1.807, 2.05) is 13.8 Å². The first-order valence-corrected chi connectivity index (χ1v) is 7.55. The minimum absolute atomic E-state index is 0.0569. The Morgan fingerprint density at radius 3 is 2.41 bits per heavy atom. The van der Waals surface area contributed by atoms with Crippen LogP contribution >= 0.6 is 0 Å². The van der Waals surface area contributed by atoms with Crippen LogP contribution in [0.4, 0.5) is 0 Å². The molecule has 0 spiro atoms. The molecule has 6 heteroatoms. The van der Waals surface area contributed by atoms with Gasteiger partial charge < -0.3 is 5.11 Å². The fourth-order valence-corrected chi connectivity index (χ4v) is 4.08. The van der Waals surface area contributed by atoms with Crippen molar-refractivity contribution in [3.63, 3.8) is 0 Å². The van der Waals surface area contributed by atoms with E-state index in [0.29, 0.717) is 19.4 Å². The van der Waals surface area contributed by atoms with Crippen molar-refractivity contribution in [2.45, 2.75) is 33.6 Å². The van der Waals surface area contributed by atoms with Gasteiger partial charge in [-0.3, -0.25) is 4.79 Å². The highest BCUT2D eigenvalue weighted by Gasteiger charge is 2.46. The molecule has 0 aromatic rings. The average Bonchev–Trinajstić information content (AvgIpc) is 2.61. The maximum atomic E-state index is 12.0. The molecule has 1 aliphatic rings. The zero-order valence-electron chi connectivity index (χ0n) is 10.6. The lowest BCUT2D eigenvalue weighted by molar-refractivity contribution is -0.148. The molecule has 5 nitrogen and oxygen atoms in total. The van der Waals surface area contributed by atoms with Gasteiger partial charge in [-0.2, -0.15) is 0 Å². The molecule has 1 heterocycles. The molecule has 0 aliphatic carbocycles. The number of hydrogen-bond donors (Lipinski definition) is 1. The molecule has 1 rings (SSSR count). The summed E-state index contributed by atoms with van der Waals surface area (Å²) >= 11 is 0. The Balaban J connectivity index is 2.83. The van der Waals surface area contributed by atoms with Crippen molar-refractivity contribution in [1.29, 1.82) is 0 Å². The monoisotopic (exact) mass is 263 g/mol. The summed E-state index contributed by atoms with van der Waals surface area (Å²) in [6.07, 6.45) is 0.881. The number of aliphatic carboxylic acids is 1. The van der Waals surface area contributed by atoms with Gasteiger partial charge in [-0.05, 0) is 18.8 Å². The Morgan fingerprint density at radius 1 is 1.47 bits per heavy atom. The fourth-order valence-electron chi connectivity index (χ4n) is 2.21. The molecule has 0 aromatic carbocycles. The van der Waals surface area contributed by atoms with Gasteiger partial charge in [0.25, 0.3) is 0 Å². The minimum Gasteiger partial charge on any atom is -0.481 e. The molecule has 1 unspecified atom stereocenters. The lowest BCUT2D eigenvalue weighted by atomic mass is 9.85. The Kier molecular flexibility index (Phi) is 4.19. The summed E-state index contributed by atoms with van der Waals surface area (Å²) in [5.74, 6) is -0.740. The number of hydrogen-bond acceptors (Lipinski definition) is 3. The number of carboxylic acids is 1. The van der Waals surface area contributed by atoms with Crippen LogP contribution in [0.3, 0.4) is 0 Å². The van der Waals surface area contributed by atoms with Crippen molar-refractivity contribution in [3.05, 3.63) is 0 Å². The van der Waals surface area contributed by atoms with Crippen LogP contribution in [-0.4, -0.2) is 42.6 Å². The summed E-state index contributed by atoms with van der Waals surface area (Å²) in [6, 6.07) is 0. The van der Waals surface area contributed by atoms with Gasteiger partial charge in [-0.25, -0.2) is 12.7 Å². The summed E-state index contributed by atoms with van der Waals surface area (Å²) < 4.78 is 25.3. The van der Waals surface area contributed by atoms with E-state index < -0.39 is 21.4 Å². The number of nitrogens with zero attached hydrogens (tertiary/aromatic N) is 1. The molecule has 0 bridgehead atoms. The predicted molar refractivity (Wildman–Crippen MR) is 65.2 cm³/mol. The van der Waals surface area contributed by atoms with E-state index in [0.717, 1.165) is 0 Å². The summed E-state index contributed by atoms with van der Waals surface area (Å²) in [5, 5.41) is 9.21. The minimum atomic E-state index is -3.30. The second kappa shape index (κ2) is 4.94. The number of carbonyl (C=O) groups is 1. The van der Waals surface area contributed by atoms with Gasteiger partial charge in [0.15, 0.2) is 0 Å². The van der Waals surface area contributed by atoms with Crippen LogP contribution in [0.1, 0.15) is 33.6 Å². The smallest absolute Gasteiger partial charge is 0.311 e. The Labute approximate surface area is 103 Å². The number of sulfonamides is 1. The van der Waals surface area contributed by atoms with E-state index in [1.165, 1.54) is 4.31 Å². The maximum Gasteiger partial charge on any atom is 0.311 e. The van der Waals surface area contributed by atoms with Crippen molar-refractivity contribution < 1.29 is 18.3 Å². The molecule has 0 amide bonds. The van der Waals surface area contributed by atoms with Crippen LogP contribution in [0.2, 0.25) is 0 Å². The second-order valence-electron chi connectivity index (χ2n) is 5.19. The van der Waals surface area contributed by atoms with Crippen molar-refractivity contribution in [2.24, 2.45) is 11.3 Å². The second-order valence-corrected chi connectivity index (χ2v) is 7.21. The standard InChI is InChI=1S/C11H21NO4S/c1-4-11(10(13)14)5-6-12(8-11)17(15,16)7-9(2)3/h9H,4-8H2,1-3H3,(H,13,14). The maximum absolute atomic E-state index is 12.0. The zero-order chi connectivity index (χ0) is 13.3. The van der Waals surface area contributed by atoms with Gasteiger partial charge in [0.05, 0.1) is 11.2 Å². The molecule has 1 saturated heterocycles. The first-order valence-electron chi connectivity index (χ1n) is 5.95. The molecular formula is C11H21NO4S. The van der Waals surface area contributed by atoms with Gasteiger partial charge in [0.2, 0.25) is 10.0 Å². The van der Waals surface area contributed by atoms with Gasteiger partial charge in [-0.1, -0.05) is 20.8 Å². The summed E-state index contributed by atoms with van der Waals surface area (Å²) in [4.78, 5) is 11.2. The highest BCUT2D eigenvalue weighted by molar-refractivity contribution is 7.89. The van der Waals surface area contributed by atoms with Gasteiger partial charge in [0, 0.05) is 13.1 Å². The third kappa shape index (κ3) is 2.98. The molecule has 1 N–H and O–H groups in total. The van der Waals surface area contributed by atoms with Gasteiger partial charge in [0.1, 0.15) is 0 Å². The molecule has 0 radical (unpaired) electrons. The third-order valence-electron chi connectivity index (χ3n) is 3.39. The third-order valence-corrected chi connectivity index (χ3v) is 5.57. The van der Waals surface area contributed by atoms with Crippen LogP contribution in [-0.2, 0) is 14.8 Å². The zero-order valence-corrected chi connectivity index (χ0v) is 11.5. The van der Waals surface area contributed by atoms with Crippen molar-refractivity contribution >= 4 is 16.0 Å². The van der Waals surface area contributed by atoms with Crippen LogP contribution in [0, 0.1) is 11.3 Å². The number of carboxylic acid groups (broad SMARTS) is 1. The SMILES string of the molecule is CCC1(C(=O)O)CCN(S(=O)(=O)CC(C)C)C1. The summed E-state index contributed by atoms with van der Waals surface area (Å²) in [6.45, 7) is 5.94. The fraction of sp³-hybridized carbons (Fsp3) is 0.909. The normalized spacial score (nSPS) is 26.6. The first kappa shape index (κ1) is 14.4. The van der Waals surface area contributed by atoms with Crippen molar-refractivity contribution in [1.82, 2.24) is 4.31 Å². The van der Waals surface area contributed by atoms with E-state index in [4.69, 9.17) is 0 Å².